The van der Waals surface area contributed by atoms with Crippen molar-refractivity contribution >= 4 is 39.2 Å². The molecule has 0 spiro atoms. The summed E-state index contributed by atoms with van der Waals surface area (Å²) in [4.78, 5) is 31.5. The Labute approximate surface area is 147 Å². The summed E-state index contributed by atoms with van der Waals surface area (Å²) in [5, 5.41) is 3.04. The van der Waals surface area contributed by atoms with Crippen LogP contribution in [0.2, 0.25) is 0 Å². The fourth-order valence-corrected chi connectivity index (χ4v) is 4.01. The number of carbonyl (C=O) groups is 1. The molecule has 0 bridgehead atoms. The number of aromatic nitrogens is 2. The molecule has 0 saturated carbocycles. The molecule has 1 aromatic carbocycles. The number of hydrogen-bond donors (Lipinski definition) is 0. The highest BCUT2D eigenvalue weighted by molar-refractivity contribution is 7.99. The predicted octanol–water partition coefficient (Wildman–Crippen LogP) is 2.75. The van der Waals surface area contributed by atoms with Crippen LogP contribution >= 0.6 is 23.1 Å². The summed E-state index contributed by atoms with van der Waals surface area (Å²) < 4.78 is 1.50. The smallest absolute Gasteiger partial charge is 0.262 e. The summed E-state index contributed by atoms with van der Waals surface area (Å²) in [7, 11) is 3.47. The van der Waals surface area contributed by atoms with E-state index in [0.29, 0.717) is 21.9 Å². The zero-order chi connectivity index (χ0) is 17.1. The Kier molecular flexibility index (Phi) is 5.01. The van der Waals surface area contributed by atoms with Crippen molar-refractivity contribution in [3.63, 3.8) is 0 Å². The predicted molar refractivity (Wildman–Crippen MR) is 98.5 cm³/mol. The molecule has 3 rings (SSSR count). The van der Waals surface area contributed by atoms with E-state index in [1.165, 1.54) is 27.7 Å². The van der Waals surface area contributed by atoms with Gasteiger partial charge in [0, 0.05) is 20.6 Å². The van der Waals surface area contributed by atoms with Crippen LogP contribution in [0, 0.1) is 0 Å². The molecular formula is C17H17N3O2S2. The van der Waals surface area contributed by atoms with Gasteiger partial charge in [0.05, 0.1) is 11.1 Å². The van der Waals surface area contributed by atoms with Crippen molar-refractivity contribution in [1.29, 1.82) is 0 Å². The van der Waals surface area contributed by atoms with E-state index in [0.717, 1.165) is 5.56 Å². The maximum atomic E-state index is 12.3. The zero-order valence-electron chi connectivity index (χ0n) is 13.4. The van der Waals surface area contributed by atoms with E-state index >= 15 is 0 Å². The van der Waals surface area contributed by atoms with Crippen molar-refractivity contribution in [3.05, 3.63) is 57.7 Å². The molecule has 24 heavy (non-hydrogen) atoms. The maximum absolute atomic E-state index is 12.3. The number of carbonyl (C=O) groups excluding carboxylic acids is 1. The van der Waals surface area contributed by atoms with Crippen LogP contribution < -0.4 is 5.56 Å². The van der Waals surface area contributed by atoms with Crippen LogP contribution in [-0.4, -0.2) is 33.2 Å². The monoisotopic (exact) mass is 359 g/mol. The Morgan fingerprint density at radius 1 is 1.29 bits per heavy atom. The number of nitrogens with zero attached hydrogens (tertiary/aromatic N) is 3. The molecule has 1 amide bonds. The number of thioether (sulfide) groups is 1. The van der Waals surface area contributed by atoms with Gasteiger partial charge in [0.1, 0.15) is 4.83 Å². The van der Waals surface area contributed by atoms with Crippen LogP contribution in [0.15, 0.2) is 51.7 Å². The number of fused-ring (bicyclic) bond motifs is 1. The molecule has 0 atom stereocenters. The molecule has 2 heterocycles. The summed E-state index contributed by atoms with van der Waals surface area (Å²) in [6.45, 7) is 0.566. The van der Waals surface area contributed by atoms with Crippen molar-refractivity contribution in [2.24, 2.45) is 7.05 Å². The largest absolute Gasteiger partial charge is 0.341 e. The van der Waals surface area contributed by atoms with Crippen molar-refractivity contribution < 1.29 is 4.79 Å². The van der Waals surface area contributed by atoms with E-state index in [1.54, 1.807) is 25.1 Å². The molecule has 7 heteroatoms. The molecule has 0 saturated heterocycles. The summed E-state index contributed by atoms with van der Waals surface area (Å²) >= 11 is 2.73. The van der Waals surface area contributed by atoms with Crippen LogP contribution in [0.25, 0.3) is 10.2 Å². The van der Waals surface area contributed by atoms with Gasteiger partial charge in [-0.15, -0.1) is 11.3 Å². The van der Waals surface area contributed by atoms with E-state index in [2.05, 4.69) is 4.98 Å². The van der Waals surface area contributed by atoms with E-state index < -0.39 is 0 Å². The van der Waals surface area contributed by atoms with Gasteiger partial charge in [-0.3, -0.25) is 14.2 Å². The summed E-state index contributed by atoms with van der Waals surface area (Å²) in [6.07, 6.45) is 0. The van der Waals surface area contributed by atoms with E-state index in [1.807, 2.05) is 35.7 Å². The highest BCUT2D eigenvalue weighted by atomic mass is 32.2. The third-order valence-corrected chi connectivity index (χ3v) is 5.50. The Hall–Kier alpha value is -2.12. The topological polar surface area (TPSA) is 55.2 Å². The van der Waals surface area contributed by atoms with Gasteiger partial charge in [-0.2, -0.15) is 0 Å². The average Bonchev–Trinajstić information content (AvgIpc) is 3.06. The second-order valence-electron chi connectivity index (χ2n) is 5.42. The van der Waals surface area contributed by atoms with Crippen molar-refractivity contribution in [2.45, 2.75) is 11.7 Å². The van der Waals surface area contributed by atoms with Gasteiger partial charge in [-0.05, 0) is 17.0 Å². The second kappa shape index (κ2) is 7.19. The summed E-state index contributed by atoms with van der Waals surface area (Å²) in [5.74, 6) is 0.255. The summed E-state index contributed by atoms with van der Waals surface area (Å²) in [6, 6.07) is 11.6. The maximum Gasteiger partial charge on any atom is 0.262 e. The van der Waals surface area contributed by atoms with Crippen LogP contribution in [-0.2, 0) is 18.4 Å². The second-order valence-corrected chi connectivity index (χ2v) is 7.26. The van der Waals surface area contributed by atoms with Crippen LogP contribution in [0.3, 0.4) is 0 Å². The molecule has 0 aliphatic rings. The molecule has 5 nitrogen and oxygen atoms in total. The molecule has 0 aliphatic carbocycles. The van der Waals surface area contributed by atoms with Crippen LogP contribution in [0.4, 0.5) is 0 Å². The number of rotatable bonds is 5. The van der Waals surface area contributed by atoms with Crippen LogP contribution in [0.5, 0.6) is 0 Å². The third kappa shape index (κ3) is 3.52. The molecule has 2 aromatic heterocycles. The minimum atomic E-state index is -0.0751. The van der Waals surface area contributed by atoms with Gasteiger partial charge in [-0.25, -0.2) is 4.98 Å². The lowest BCUT2D eigenvalue weighted by Gasteiger charge is -2.17. The summed E-state index contributed by atoms with van der Waals surface area (Å²) in [5.41, 5.74) is 1.01. The fraction of sp³-hybridized carbons (Fsp3) is 0.235. The number of hydrogen-bond acceptors (Lipinski definition) is 5. The first-order valence-corrected chi connectivity index (χ1v) is 9.27. The first kappa shape index (κ1) is 16.7. The Bertz CT molecular complexity index is 918. The lowest BCUT2D eigenvalue weighted by Crippen LogP contribution is -2.28. The average molecular weight is 359 g/mol. The normalized spacial score (nSPS) is 10.9. The standard InChI is InChI=1S/C17H17N3O2S2/c1-19(10-12-6-4-3-5-7-12)14(21)11-24-17-18-15-13(8-9-23-15)16(22)20(17)2/h3-9H,10-11H2,1-2H3. The van der Waals surface area contributed by atoms with Gasteiger partial charge in [0.25, 0.3) is 5.56 Å². The van der Waals surface area contributed by atoms with Gasteiger partial charge in [0.2, 0.25) is 5.91 Å². The molecule has 0 unspecified atom stereocenters. The molecule has 0 fully saturated rings. The van der Waals surface area contributed by atoms with Gasteiger partial charge < -0.3 is 4.90 Å². The lowest BCUT2D eigenvalue weighted by molar-refractivity contribution is -0.127. The fourth-order valence-electron chi connectivity index (χ4n) is 2.29. The highest BCUT2D eigenvalue weighted by Gasteiger charge is 2.14. The quantitative estimate of drug-likeness (QED) is 0.519. The molecule has 0 N–H and O–H groups in total. The first-order valence-electron chi connectivity index (χ1n) is 7.41. The van der Waals surface area contributed by atoms with Gasteiger partial charge in [-0.1, -0.05) is 42.1 Å². The third-order valence-electron chi connectivity index (χ3n) is 3.68. The molecule has 0 radical (unpaired) electrons. The van der Waals surface area contributed by atoms with Crippen molar-refractivity contribution in [3.8, 4) is 0 Å². The zero-order valence-corrected chi connectivity index (χ0v) is 15.1. The number of benzene rings is 1. The molecular weight excluding hydrogens is 342 g/mol. The molecule has 124 valence electrons. The minimum Gasteiger partial charge on any atom is -0.341 e. The number of thiophene rings is 1. The van der Waals surface area contributed by atoms with Crippen molar-refractivity contribution in [2.75, 3.05) is 12.8 Å². The first-order chi connectivity index (χ1) is 11.6. The number of amides is 1. The van der Waals surface area contributed by atoms with E-state index in [-0.39, 0.29) is 17.2 Å². The Morgan fingerprint density at radius 2 is 2.04 bits per heavy atom. The van der Waals surface area contributed by atoms with Crippen molar-refractivity contribution in [1.82, 2.24) is 14.5 Å². The molecule has 0 aliphatic heterocycles. The highest BCUT2D eigenvalue weighted by Crippen LogP contribution is 2.20. The lowest BCUT2D eigenvalue weighted by atomic mass is 10.2. The Balaban J connectivity index is 1.68. The molecule has 3 aromatic rings. The minimum absolute atomic E-state index is 0.00405. The SMILES string of the molecule is CN(Cc1ccccc1)C(=O)CSc1nc2sccc2c(=O)n1C. The van der Waals surface area contributed by atoms with Crippen LogP contribution in [0.1, 0.15) is 5.56 Å². The van der Waals surface area contributed by atoms with E-state index in [9.17, 15) is 9.59 Å². The Morgan fingerprint density at radius 3 is 2.79 bits per heavy atom. The van der Waals surface area contributed by atoms with Gasteiger partial charge in [0.15, 0.2) is 5.16 Å². The van der Waals surface area contributed by atoms with Gasteiger partial charge >= 0.3 is 0 Å². The van der Waals surface area contributed by atoms with E-state index in [4.69, 9.17) is 0 Å².